The van der Waals surface area contributed by atoms with Gasteiger partial charge in [-0.25, -0.2) is 13.8 Å². The van der Waals surface area contributed by atoms with Gasteiger partial charge < -0.3 is 11.1 Å². The van der Waals surface area contributed by atoms with E-state index in [1.165, 1.54) is 18.3 Å². The van der Waals surface area contributed by atoms with E-state index >= 15 is 0 Å². The molecule has 0 aliphatic rings. The molecule has 7 heteroatoms. The molecule has 1 aromatic heterocycles. The Balaban J connectivity index is 2.27. The van der Waals surface area contributed by atoms with Gasteiger partial charge in [-0.15, -0.1) is 0 Å². The van der Waals surface area contributed by atoms with Gasteiger partial charge in [0.25, 0.3) is 5.91 Å². The number of hydrogen-bond acceptors (Lipinski definition) is 3. The molecule has 1 heterocycles. The number of nitrogens with two attached hydrogens (primary N) is 1. The largest absolute Gasteiger partial charge is 0.396 e. The lowest BCUT2D eigenvalue weighted by Gasteiger charge is -2.07. The van der Waals surface area contributed by atoms with Gasteiger partial charge in [-0.05, 0) is 24.3 Å². The molecule has 19 heavy (non-hydrogen) atoms. The molecule has 0 saturated carbocycles. The summed E-state index contributed by atoms with van der Waals surface area (Å²) in [6.07, 6.45) is 1.31. The second-order valence-electron chi connectivity index (χ2n) is 3.67. The van der Waals surface area contributed by atoms with Crippen molar-refractivity contribution in [2.24, 2.45) is 0 Å². The fourth-order valence-corrected chi connectivity index (χ4v) is 1.52. The quantitative estimate of drug-likeness (QED) is 0.833. The van der Waals surface area contributed by atoms with Crippen molar-refractivity contribution in [2.75, 3.05) is 11.1 Å². The van der Waals surface area contributed by atoms with E-state index in [1.807, 2.05) is 0 Å². The highest BCUT2D eigenvalue weighted by Crippen LogP contribution is 2.19. The summed E-state index contributed by atoms with van der Waals surface area (Å²) in [5, 5.41) is 2.70. The van der Waals surface area contributed by atoms with Crippen LogP contribution in [0.1, 0.15) is 10.4 Å². The molecular weight excluding hydrogens is 276 g/mol. The Morgan fingerprint density at radius 2 is 2.05 bits per heavy atom. The number of carbonyl (C=O) groups excluding carboxylic acids is 1. The van der Waals surface area contributed by atoms with Crippen LogP contribution in [0.4, 0.5) is 20.3 Å². The number of carbonyl (C=O) groups is 1. The average molecular weight is 284 g/mol. The van der Waals surface area contributed by atoms with Crippen LogP contribution >= 0.6 is 11.6 Å². The summed E-state index contributed by atoms with van der Waals surface area (Å²) in [5.41, 5.74) is 4.32. The second-order valence-corrected chi connectivity index (χ2v) is 4.11. The third-order valence-corrected chi connectivity index (χ3v) is 2.50. The zero-order valence-electron chi connectivity index (χ0n) is 9.45. The number of rotatable bonds is 2. The SMILES string of the molecule is Nc1cc(F)cc(C(=O)Nc2ccc(Cl)cn2)c1F. The van der Waals surface area contributed by atoms with Gasteiger partial charge in [0.1, 0.15) is 11.6 Å². The molecule has 1 amide bonds. The molecule has 0 radical (unpaired) electrons. The number of anilines is 2. The summed E-state index contributed by atoms with van der Waals surface area (Å²) in [6, 6.07) is 4.49. The van der Waals surface area contributed by atoms with Gasteiger partial charge in [0.2, 0.25) is 0 Å². The van der Waals surface area contributed by atoms with Gasteiger partial charge in [0.15, 0.2) is 5.82 Å². The first-order valence-electron chi connectivity index (χ1n) is 5.15. The first-order chi connectivity index (χ1) is 8.97. The molecule has 0 aliphatic carbocycles. The average Bonchev–Trinajstić information content (AvgIpc) is 2.36. The van der Waals surface area contributed by atoms with Crippen LogP contribution in [-0.2, 0) is 0 Å². The van der Waals surface area contributed by atoms with E-state index in [-0.39, 0.29) is 5.82 Å². The van der Waals surface area contributed by atoms with Crippen molar-refractivity contribution in [3.8, 4) is 0 Å². The molecule has 98 valence electrons. The van der Waals surface area contributed by atoms with Crippen molar-refractivity contribution in [1.82, 2.24) is 4.98 Å². The van der Waals surface area contributed by atoms with Gasteiger partial charge in [-0.2, -0.15) is 0 Å². The minimum absolute atomic E-state index is 0.164. The lowest BCUT2D eigenvalue weighted by molar-refractivity contribution is 0.102. The van der Waals surface area contributed by atoms with Crippen LogP contribution < -0.4 is 11.1 Å². The Morgan fingerprint density at radius 3 is 2.68 bits per heavy atom. The minimum Gasteiger partial charge on any atom is -0.396 e. The van der Waals surface area contributed by atoms with E-state index in [9.17, 15) is 13.6 Å². The minimum atomic E-state index is -0.979. The van der Waals surface area contributed by atoms with Crippen molar-refractivity contribution >= 4 is 29.0 Å². The molecule has 0 unspecified atom stereocenters. The first-order valence-corrected chi connectivity index (χ1v) is 5.52. The number of benzene rings is 1. The van der Waals surface area contributed by atoms with E-state index < -0.39 is 28.8 Å². The number of nitrogens with zero attached hydrogens (tertiary/aromatic N) is 1. The van der Waals surface area contributed by atoms with Gasteiger partial charge in [0, 0.05) is 6.20 Å². The molecular formula is C12H8ClF2N3O. The third kappa shape index (κ3) is 2.97. The van der Waals surface area contributed by atoms with E-state index in [2.05, 4.69) is 10.3 Å². The number of halogens is 3. The molecule has 4 nitrogen and oxygen atoms in total. The summed E-state index contributed by atoms with van der Waals surface area (Å²) in [7, 11) is 0. The normalized spacial score (nSPS) is 10.3. The Labute approximate surface area is 112 Å². The highest BCUT2D eigenvalue weighted by atomic mass is 35.5. The lowest BCUT2D eigenvalue weighted by Crippen LogP contribution is -2.16. The number of pyridine rings is 1. The summed E-state index contributed by atoms with van der Waals surface area (Å²) in [4.78, 5) is 15.6. The molecule has 2 rings (SSSR count). The maximum atomic E-state index is 13.6. The summed E-state index contributed by atoms with van der Waals surface area (Å²) in [6.45, 7) is 0. The number of nitrogen functional groups attached to an aromatic ring is 1. The lowest BCUT2D eigenvalue weighted by atomic mass is 10.1. The van der Waals surface area contributed by atoms with Crippen molar-refractivity contribution in [1.29, 1.82) is 0 Å². The first kappa shape index (κ1) is 13.2. The molecule has 0 atom stereocenters. The van der Waals surface area contributed by atoms with Crippen LogP contribution in [0.3, 0.4) is 0 Å². The molecule has 0 fully saturated rings. The van der Waals surface area contributed by atoms with Crippen LogP contribution in [0.2, 0.25) is 5.02 Å². The molecule has 1 aromatic carbocycles. The standard InChI is InChI=1S/C12H8ClF2N3O/c13-6-1-2-10(17-5-6)18-12(19)8-3-7(14)4-9(16)11(8)15/h1-5H,16H2,(H,17,18,19). The topological polar surface area (TPSA) is 68.0 Å². The van der Waals surface area contributed by atoms with Crippen LogP contribution in [0.15, 0.2) is 30.5 Å². The van der Waals surface area contributed by atoms with E-state index in [0.29, 0.717) is 5.02 Å². The monoisotopic (exact) mass is 283 g/mol. The van der Waals surface area contributed by atoms with Gasteiger partial charge in [-0.3, -0.25) is 4.79 Å². The Kier molecular flexibility index (Phi) is 3.62. The molecule has 2 aromatic rings. The predicted octanol–water partition coefficient (Wildman–Crippen LogP) is 2.85. The van der Waals surface area contributed by atoms with Crippen LogP contribution in [-0.4, -0.2) is 10.9 Å². The Bertz CT molecular complexity index is 632. The molecule has 0 saturated heterocycles. The van der Waals surface area contributed by atoms with E-state index in [0.717, 1.165) is 12.1 Å². The summed E-state index contributed by atoms with van der Waals surface area (Å²) in [5.74, 6) is -2.46. The second kappa shape index (κ2) is 5.19. The Morgan fingerprint density at radius 1 is 1.32 bits per heavy atom. The number of nitrogens with one attached hydrogen (secondary N) is 1. The van der Waals surface area contributed by atoms with Crippen LogP contribution in [0.25, 0.3) is 0 Å². The maximum Gasteiger partial charge on any atom is 0.259 e. The predicted molar refractivity (Wildman–Crippen MR) is 68.0 cm³/mol. The zero-order chi connectivity index (χ0) is 14.0. The fraction of sp³-hybridized carbons (Fsp3) is 0. The molecule has 0 bridgehead atoms. The maximum absolute atomic E-state index is 13.6. The Hall–Kier alpha value is -2.21. The van der Waals surface area contributed by atoms with E-state index in [4.69, 9.17) is 17.3 Å². The summed E-state index contributed by atoms with van der Waals surface area (Å²) < 4.78 is 26.7. The molecule has 0 spiro atoms. The van der Waals surface area contributed by atoms with Crippen LogP contribution in [0, 0.1) is 11.6 Å². The van der Waals surface area contributed by atoms with Crippen molar-refractivity contribution in [2.45, 2.75) is 0 Å². The smallest absolute Gasteiger partial charge is 0.259 e. The third-order valence-electron chi connectivity index (χ3n) is 2.28. The fourth-order valence-electron chi connectivity index (χ4n) is 1.41. The van der Waals surface area contributed by atoms with Crippen LogP contribution in [0.5, 0.6) is 0 Å². The van der Waals surface area contributed by atoms with Gasteiger partial charge in [-0.1, -0.05) is 11.6 Å². The number of amides is 1. The zero-order valence-corrected chi connectivity index (χ0v) is 10.2. The highest BCUT2D eigenvalue weighted by Gasteiger charge is 2.16. The van der Waals surface area contributed by atoms with Crippen molar-refractivity contribution < 1.29 is 13.6 Å². The molecule has 0 aliphatic heterocycles. The van der Waals surface area contributed by atoms with Crippen molar-refractivity contribution in [3.63, 3.8) is 0 Å². The molecule has 3 N–H and O–H groups in total. The highest BCUT2D eigenvalue weighted by molar-refractivity contribution is 6.30. The summed E-state index contributed by atoms with van der Waals surface area (Å²) >= 11 is 5.63. The van der Waals surface area contributed by atoms with Gasteiger partial charge in [0.05, 0.1) is 16.3 Å². The number of aromatic nitrogens is 1. The number of hydrogen-bond donors (Lipinski definition) is 2. The van der Waals surface area contributed by atoms with Gasteiger partial charge >= 0.3 is 0 Å². The van der Waals surface area contributed by atoms with E-state index in [1.54, 1.807) is 0 Å². The van der Waals surface area contributed by atoms with Crippen molar-refractivity contribution in [3.05, 3.63) is 52.7 Å².